The van der Waals surface area contributed by atoms with E-state index in [2.05, 4.69) is 26.1 Å². The van der Waals surface area contributed by atoms with E-state index < -0.39 is 15.9 Å². The number of hydrogen-bond donors (Lipinski definition) is 1. The highest BCUT2D eigenvalue weighted by Crippen LogP contribution is 2.29. The molecule has 6 nitrogen and oxygen atoms in total. The van der Waals surface area contributed by atoms with E-state index in [1.807, 2.05) is 24.3 Å². The molecule has 7 heteroatoms. The van der Waals surface area contributed by atoms with Crippen LogP contribution in [0.4, 0.5) is 5.69 Å². The van der Waals surface area contributed by atoms with Gasteiger partial charge in [-0.25, -0.2) is 8.42 Å². The van der Waals surface area contributed by atoms with Gasteiger partial charge in [0, 0.05) is 12.7 Å². The van der Waals surface area contributed by atoms with Crippen molar-refractivity contribution in [3.05, 3.63) is 54.1 Å². The van der Waals surface area contributed by atoms with Crippen LogP contribution in [0, 0.1) is 0 Å². The quantitative estimate of drug-likeness (QED) is 0.821. The Morgan fingerprint density at radius 1 is 1.07 bits per heavy atom. The van der Waals surface area contributed by atoms with E-state index in [1.165, 1.54) is 26.3 Å². The largest absolute Gasteiger partial charge is 0.497 e. The number of hydrogen-bond acceptors (Lipinski definition) is 4. The SMILES string of the molecule is COc1ccc(S(=O)(=O)N(C)CC(=O)Nc2ccccc2C(C)(C)C)cc1. The van der Waals surface area contributed by atoms with Crippen LogP contribution < -0.4 is 10.1 Å². The Morgan fingerprint density at radius 2 is 1.67 bits per heavy atom. The summed E-state index contributed by atoms with van der Waals surface area (Å²) >= 11 is 0. The average Bonchev–Trinajstić information content (AvgIpc) is 2.61. The molecule has 0 unspecified atom stereocenters. The Balaban J connectivity index is 2.13. The Morgan fingerprint density at radius 3 is 2.22 bits per heavy atom. The van der Waals surface area contributed by atoms with Crippen molar-refractivity contribution >= 4 is 21.6 Å². The van der Waals surface area contributed by atoms with Crippen molar-refractivity contribution in [3.63, 3.8) is 0 Å². The maximum Gasteiger partial charge on any atom is 0.243 e. The van der Waals surface area contributed by atoms with Crippen molar-refractivity contribution in [2.24, 2.45) is 0 Å². The summed E-state index contributed by atoms with van der Waals surface area (Å²) in [5.41, 5.74) is 1.52. The molecule has 0 heterocycles. The minimum atomic E-state index is -3.77. The number of amides is 1. The van der Waals surface area contributed by atoms with E-state index in [0.29, 0.717) is 11.4 Å². The molecule has 2 rings (SSSR count). The van der Waals surface area contributed by atoms with E-state index in [-0.39, 0.29) is 16.9 Å². The summed E-state index contributed by atoms with van der Waals surface area (Å²) in [5, 5.41) is 2.82. The van der Waals surface area contributed by atoms with Gasteiger partial charge in [0.15, 0.2) is 0 Å². The molecule has 2 aromatic rings. The molecule has 0 spiro atoms. The summed E-state index contributed by atoms with van der Waals surface area (Å²) in [6, 6.07) is 13.6. The fourth-order valence-corrected chi connectivity index (χ4v) is 3.78. The fraction of sp³-hybridized carbons (Fsp3) is 0.350. The van der Waals surface area contributed by atoms with Gasteiger partial charge in [0.25, 0.3) is 0 Å². The molecule has 1 N–H and O–H groups in total. The van der Waals surface area contributed by atoms with Crippen LogP contribution >= 0.6 is 0 Å². The summed E-state index contributed by atoms with van der Waals surface area (Å²) in [4.78, 5) is 12.5. The molecular weight excluding hydrogens is 364 g/mol. The molecule has 0 aliphatic carbocycles. The van der Waals surface area contributed by atoms with Crippen LogP contribution in [0.3, 0.4) is 0 Å². The fourth-order valence-electron chi connectivity index (χ4n) is 2.65. The van der Waals surface area contributed by atoms with Gasteiger partial charge in [0.1, 0.15) is 5.75 Å². The number of benzene rings is 2. The third kappa shape index (κ3) is 5.08. The first-order valence-electron chi connectivity index (χ1n) is 8.55. The van der Waals surface area contributed by atoms with E-state index >= 15 is 0 Å². The molecular formula is C20H26N2O4S. The van der Waals surface area contributed by atoms with Crippen molar-refractivity contribution in [2.75, 3.05) is 26.0 Å². The van der Waals surface area contributed by atoms with Gasteiger partial charge in [0.2, 0.25) is 15.9 Å². The molecule has 0 fully saturated rings. The number of carbonyl (C=O) groups excluding carboxylic acids is 1. The van der Waals surface area contributed by atoms with E-state index in [4.69, 9.17) is 4.74 Å². The van der Waals surface area contributed by atoms with Gasteiger partial charge in [-0.05, 0) is 41.3 Å². The molecule has 0 saturated heterocycles. The first-order chi connectivity index (χ1) is 12.6. The van der Waals surface area contributed by atoms with E-state index in [9.17, 15) is 13.2 Å². The lowest BCUT2D eigenvalue weighted by molar-refractivity contribution is -0.116. The van der Waals surface area contributed by atoms with Gasteiger partial charge in [-0.2, -0.15) is 4.31 Å². The van der Waals surface area contributed by atoms with Crippen LogP contribution in [0.25, 0.3) is 0 Å². The minimum Gasteiger partial charge on any atom is -0.497 e. The predicted molar refractivity (Wildman–Crippen MR) is 107 cm³/mol. The second-order valence-electron chi connectivity index (χ2n) is 7.28. The van der Waals surface area contributed by atoms with Crippen LogP contribution in [0.15, 0.2) is 53.4 Å². The summed E-state index contributed by atoms with van der Waals surface area (Å²) in [5.74, 6) is 0.166. The Bertz CT molecular complexity index is 900. The number of nitrogens with one attached hydrogen (secondary N) is 1. The maximum absolute atomic E-state index is 12.7. The Labute approximate surface area is 161 Å². The summed E-state index contributed by atoms with van der Waals surface area (Å²) < 4.78 is 31.4. The average molecular weight is 391 g/mol. The van der Waals surface area contributed by atoms with Gasteiger partial charge in [-0.15, -0.1) is 0 Å². The van der Waals surface area contributed by atoms with Gasteiger partial charge in [-0.1, -0.05) is 39.0 Å². The number of rotatable bonds is 6. The Kier molecular flexibility index (Phi) is 6.28. The standard InChI is InChI=1S/C20H26N2O4S/c1-20(2,3)17-8-6-7-9-18(17)21-19(23)14-22(4)27(24,25)16-12-10-15(26-5)11-13-16/h6-13H,14H2,1-5H3,(H,21,23). The molecule has 0 bridgehead atoms. The highest BCUT2D eigenvalue weighted by Gasteiger charge is 2.24. The third-order valence-electron chi connectivity index (χ3n) is 4.14. The van der Waals surface area contributed by atoms with Crippen LogP contribution in [-0.4, -0.2) is 39.3 Å². The van der Waals surface area contributed by atoms with Crippen LogP contribution in [0.1, 0.15) is 26.3 Å². The minimum absolute atomic E-state index is 0.105. The zero-order valence-electron chi connectivity index (χ0n) is 16.3. The number of sulfonamides is 1. The van der Waals surface area contributed by atoms with Crippen molar-refractivity contribution in [2.45, 2.75) is 31.1 Å². The second-order valence-corrected chi connectivity index (χ2v) is 9.33. The predicted octanol–water partition coefficient (Wildman–Crippen LogP) is 3.25. The molecule has 146 valence electrons. The number of likely N-dealkylation sites (N-methyl/N-ethyl adjacent to an activating group) is 1. The molecule has 0 aliphatic heterocycles. The molecule has 0 saturated carbocycles. The van der Waals surface area contributed by atoms with Crippen molar-refractivity contribution in [1.29, 1.82) is 0 Å². The van der Waals surface area contributed by atoms with E-state index in [1.54, 1.807) is 12.1 Å². The molecule has 1 amide bonds. The summed E-state index contributed by atoms with van der Waals surface area (Å²) in [6.45, 7) is 5.88. The van der Waals surface area contributed by atoms with Gasteiger partial charge < -0.3 is 10.1 Å². The second kappa shape index (κ2) is 8.10. The monoisotopic (exact) mass is 390 g/mol. The van der Waals surface area contributed by atoms with Gasteiger partial charge in [0.05, 0.1) is 18.6 Å². The smallest absolute Gasteiger partial charge is 0.243 e. The number of carbonyl (C=O) groups is 1. The molecule has 0 aromatic heterocycles. The molecule has 27 heavy (non-hydrogen) atoms. The third-order valence-corrected chi connectivity index (χ3v) is 5.96. The van der Waals surface area contributed by atoms with Crippen LogP contribution in [0.2, 0.25) is 0 Å². The Hall–Kier alpha value is -2.38. The molecule has 0 aliphatic rings. The van der Waals surface area contributed by atoms with Gasteiger partial charge >= 0.3 is 0 Å². The highest BCUT2D eigenvalue weighted by molar-refractivity contribution is 7.89. The summed E-state index contributed by atoms with van der Waals surface area (Å²) in [6.07, 6.45) is 0. The lowest BCUT2D eigenvalue weighted by Crippen LogP contribution is -2.35. The van der Waals surface area contributed by atoms with E-state index in [0.717, 1.165) is 9.87 Å². The first-order valence-corrected chi connectivity index (χ1v) is 9.99. The van der Waals surface area contributed by atoms with Crippen molar-refractivity contribution in [1.82, 2.24) is 4.31 Å². The number of para-hydroxylation sites is 1. The number of ether oxygens (including phenoxy) is 1. The molecule has 0 radical (unpaired) electrons. The van der Waals surface area contributed by atoms with Gasteiger partial charge in [-0.3, -0.25) is 4.79 Å². The zero-order chi connectivity index (χ0) is 20.2. The number of methoxy groups -OCH3 is 1. The lowest BCUT2D eigenvalue weighted by atomic mass is 9.86. The summed E-state index contributed by atoms with van der Waals surface area (Å²) in [7, 11) is -0.880. The van der Waals surface area contributed by atoms with Crippen LogP contribution in [0.5, 0.6) is 5.75 Å². The highest BCUT2D eigenvalue weighted by atomic mass is 32.2. The number of nitrogens with zero attached hydrogens (tertiary/aromatic N) is 1. The van der Waals surface area contributed by atoms with Crippen molar-refractivity contribution < 1.29 is 17.9 Å². The zero-order valence-corrected chi connectivity index (χ0v) is 17.1. The first kappa shape index (κ1) is 20.9. The molecule has 0 atom stereocenters. The molecule has 2 aromatic carbocycles. The van der Waals surface area contributed by atoms with Crippen LogP contribution in [-0.2, 0) is 20.2 Å². The normalized spacial score (nSPS) is 12.1. The lowest BCUT2D eigenvalue weighted by Gasteiger charge is -2.23. The number of anilines is 1. The maximum atomic E-state index is 12.7. The topological polar surface area (TPSA) is 75.7 Å². The van der Waals surface area contributed by atoms with Crippen molar-refractivity contribution in [3.8, 4) is 5.75 Å².